The van der Waals surface area contributed by atoms with Crippen LogP contribution in [0, 0.1) is 0 Å². The van der Waals surface area contributed by atoms with Crippen LogP contribution in [-0.4, -0.2) is 89.8 Å². The van der Waals surface area contributed by atoms with Crippen molar-refractivity contribution in [2.24, 2.45) is 0 Å². The third-order valence-corrected chi connectivity index (χ3v) is 2.96. The fourth-order valence-corrected chi connectivity index (χ4v) is 1.88. The first-order valence-corrected chi connectivity index (χ1v) is 7.63. The van der Waals surface area contributed by atoms with Crippen LogP contribution in [0.5, 0.6) is 0 Å². The average molecular weight is 304 g/mol. The fraction of sp³-hybridized carbons (Fsp3) is 0.929. The number of ether oxygens (including phenoxy) is 4. The molecule has 0 spiro atoms. The largest absolute Gasteiger partial charge is 0.378 e. The van der Waals surface area contributed by atoms with Gasteiger partial charge in [-0.25, -0.2) is 0 Å². The number of rotatable bonds is 3. The summed E-state index contributed by atoms with van der Waals surface area (Å²) in [5, 5.41) is 2.80. The highest BCUT2D eigenvalue weighted by atomic mass is 16.6. The normalized spacial score (nSPS) is 21.2. The zero-order valence-corrected chi connectivity index (χ0v) is 13.0. The first kappa shape index (κ1) is 18.3. The Bertz CT molecular complexity index is 250. The first-order valence-electron chi connectivity index (χ1n) is 7.63. The predicted octanol–water partition coefficient (Wildman–Crippen LogP) is -0.495. The molecule has 1 aliphatic heterocycles. The van der Waals surface area contributed by atoms with Gasteiger partial charge in [0, 0.05) is 19.6 Å². The van der Waals surface area contributed by atoms with E-state index in [9.17, 15) is 4.79 Å². The van der Waals surface area contributed by atoms with Gasteiger partial charge in [0.15, 0.2) is 0 Å². The Labute approximate surface area is 126 Å². The number of carbonyl (C=O) groups is 1. The van der Waals surface area contributed by atoms with E-state index in [-0.39, 0.29) is 5.91 Å². The van der Waals surface area contributed by atoms with Gasteiger partial charge in [-0.05, 0) is 6.92 Å². The summed E-state index contributed by atoms with van der Waals surface area (Å²) in [4.78, 5) is 13.7. The second-order valence-corrected chi connectivity index (χ2v) is 4.68. The number of likely N-dealkylation sites (N-methyl/N-ethyl adjacent to an activating group) is 1. The second kappa shape index (κ2) is 13.0. The zero-order valence-electron chi connectivity index (χ0n) is 13.0. The maximum Gasteiger partial charge on any atom is 0.234 e. The highest BCUT2D eigenvalue weighted by Crippen LogP contribution is 1.92. The molecule has 0 saturated carbocycles. The van der Waals surface area contributed by atoms with Gasteiger partial charge >= 0.3 is 0 Å². The van der Waals surface area contributed by atoms with Crippen LogP contribution in [0.4, 0.5) is 0 Å². The van der Waals surface area contributed by atoms with Gasteiger partial charge in [-0.3, -0.25) is 9.69 Å². The molecule has 124 valence electrons. The van der Waals surface area contributed by atoms with E-state index < -0.39 is 0 Å². The van der Waals surface area contributed by atoms with E-state index in [1.807, 2.05) is 11.8 Å². The molecule has 0 aliphatic carbocycles. The number of nitrogens with zero attached hydrogens (tertiary/aromatic N) is 1. The summed E-state index contributed by atoms with van der Waals surface area (Å²) in [6.45, 7) is 8.91. The quantitative estimate of drug-likeness (QED) is 0.758. The van der Waals surface area contributed by atoms with Crippen molar-refractivity contribution < 1.29 is 23.7 Å². The molecule has 7 heteroatoms. The minimum Gasteiger partial charge on any atom is -0.378 e. The zero-order chi connectivity index (χ0) is 15.2. The minimum absolute atomic E-state index is 0.0297. The smallest absolute Gasteiger partial charge is 0.234 e. The lowest BCUT2D eigenvalue weighted by Crippen LogP contribution is -2.40. The summed E-state index contributed by atoms with van der Waals surface area (Å²) in [7, 11) is 0. The van der Waals surface area contributed by atoms with E-state index in [0.717, 1.165) is 0 Å². The molecule has 1 amide bonds. The Morgan fingerprint density at radius 1 is 0.857 bits per heavy atom. The van der Waals surface area contributed by atoms with Crippen LogP contribution < -0.4 is 5.32 Å². The first-order chi connectivity index (χ1) is 10.3. The number of nitrogens with one attached hydrogen (secondary N) is 1. The molecule has 1 N–H and O–H groups in total. The average Bonchev–Trinajstić information content (AvgIpc) is 2.47. The highest BCUT2D eigenvalue weighted by Gasteiger charge is 2.10. The molecule has 0 aromatic rings. The molecular weight excluding hydrogens is 276 g/mol. The van der Waals surface area contributed by atoms with E-state index >= 15 is 0 Å². The molecule has 0 unspecified atom stereocenters. The van der Waals surface area contributed by atoms with E-state index in [1.54, 1.807) is 0 Å². The van der Waals surface area contributed by atoms with E-state index in [4.69, 9.17) is 18.9 Å². The number of amides is 1. The van der Waals surface area contributed by atoms with Crippen LogP contribution >= 0.6 is 0 Å². The number of hydrogen-bond donors (Lipinski definition) is 1. The van der Waals surface area contributed by atoms with Gasteiger partial charge in [-0.2, -0.15) is 0 Å². The summed E-state index contributed by atoms with van der Waals surface area (Å²) in [6.07, 6.45) is 0. The molecule has 1 aliphatic rings. The Kier molecular flexibility index (Phi) is 11.3. The molecule has 7 nitrogen and oxygen atoms in total. The van der Waals surface area contributed by atoms with Crippen LogP contribution in [0.2, 0.25) is 0 Å². The standard InChI is InChI=1S/C14H28N2O5/c1-2-15-14(17)13-16-3-5-18-7-9-20-11-12-21-10-8-19-6-4-16/h2-13H2,1H3,(H,15,17). The van der Waals surface area contributed by atoms with Crippen LogP contribution in [0.3, 0.4) is 0 Å². The number of hydrogen-bond acceptors (Lipinski definition) is 6. The van der Waals surface area contributed by atoms with Gasteiger partial charge in [0.1, 0.15) is 0 Å². The van der Waals surface area contributed by atoms with Gasteiger partial charge in [0.05, 0.1) is 59.4 Å². The molecule has 0 radical (unpaired) electrons. The lowest BCUT2D eigenvalue weighted by molar-refractivity contribution is -0.122. The predicted molar refractivity (Wildman–Crippen MR) is 78.4 cm³/mol. The van der Waals surface area contributed by atoms with Crippen molar-refractivity contribution in [1.82, 2.24) is 10.2 Å². The Morgan fingerprint density at radius 2 is 1.29 bits per heavy atom. The van der Waals surface area contributed by atoms with Crippen LogP contribution in [0.1, 0.15) is 6.92 Å². The molecule has 0 bridgehead atoms. The molecule has 1 fully saturated rings. The minimum atomic E-state index is 0.0297. The highest BCUT2D eigenvalue weighted by molar-refractivity contribution is 5.77. The number of carbonyl (C=O) groups excluding carboxylic acids is 1. The molecule has 1 rings (SSSR count). The molecule has 21 heavy (non-hydrogen) atoms. The van der Waals surface area contributed by atoms with Crippen molar-refractivity contribution in [2.75, 3.05) is 79.0 Å². The Balaban J connectivity index is 2.31. The molecule has 0 aromatic heterocycles. The summed E-state index contributed by atoms with van der Waals surface area (Å²) in [6, 6.07) is 0. The van der Waals surface area contributed by atoms with Crippen molar-refractivity contribution in [3.05, 3.63) is 0 Å². The van der Waals surface area contributed by atoms with E-state index in [1.165, 1.54) is 0 Å². The Hall–Kier alpha value is -0.730. The summed E-state index contributed by atoms with van der Waals surface area (Å²) >= 11 is 0. The summed E-state index contributed by atoms with van der Waals surface area (Å²) in [5.74, 6) is 0.0297. The van der Waals surface area contributed by atoms with Gasteiger partial charge in [0.2, 0.25) is 5.91 Å². The van der Waals surface area contributed by atoms with E-state index in [0.29, 0.717) is 79.0 Å². The SMILES string of the molecule is CCNC(=O)CN1CCOCCOCCOCCOCC1. The maximum absolute atomic E-state index is 11.7. The lowest BCUT2D eigenvalue weighted by Gasteiger charge is -2.21. The topological polar surface area (TPSA) is 69.3 Å². The molecule has 1 saturated heterocycles. The van der Waals surface area contributed by atoms with Crippen LogP contribution in [-0.2, 0) is 23.7 Å². The molecule has 1 heterocycles. The Morgan fingerprint density at radius 3 is 1.71 bits per heavy atom. The second-order valence-electron chi connectivity index (χ2n) is 4.68. The van der Waals surface area contributed by atoms with Crippen molar-refractivity contribution in [1.29, 1.82) is 0 Å². The van der Waals surface area contributed by atoms with Gasteiger partial charge in [-0.1, -0.05) is 0 Å². The van der Waals surface area contributed by atoms with Crippen LogP contribution in [0.25, 0.3) is 0 Å². The van der Waals surface area contributed by atoms with Crippen molar-refractivity contribution in [3.8, 4) is 0 Å². The van der Waals surface area contributed by atoms with Crippen molar-refractivity contribution >= 4 is 5.91 Å². The summed E-state index contributed by atoms with van der Waals surface area (Å²) in [5.41, 5.74) is 0. The maximum atomic E-state index is 11.7. The van der Waals surface area contributed by atoms with E-state index in [2.05, 4.69) is 5.32 Å². The third kappa shape index (κ3) is 10.6. The van der Waals surface area contributed by atoms with Crippen molar-refractivity contribution in [3.63, 3.8) is 0 Å². The van der Waals surface area contributed by atoms with Gasteiger partial charge in [-0.15, -0.1) is 0 Å². The molecule has 0 aromatic carbocycles. The summed E-state index contributed by atoms with van der Waals surface area (Å²) < 4.78 is 21.7. The van der Waals surface area contributed by atoms with Crippen LogP contribution in [0.15, 0.2) is 0 Å². The monoisotopic (exact) mass is 304 g/mol. The molecule has 0 atom stereocenters. The lowest BCUT2D eigenvalue weighted by atomic mass is 10.4. The third-order valence-electron chi connectivity index (χ3n) is 2.96. The van der Waals surface area contributed by atoms with Gasteiger partial charge in [0.25, 0.3) is 0 Å². The fourth-order valence-electron chi connectivity index (χ4n) is 1.88. The van der Waals surface area contributed by atoms with Crippen molar-refractivity contribution in [2.45, 2.75) is 6.92 Å². The van der Waals surface area contributed by atoms with Gasteiger partial charge < -0.3 is 24.3 Å². The molecular formula is C14H28N2O5.